The van der Waals surface area contributed by atoms with Gasteiger partial charge in [0.2, 0.25) is 0 Å². The van der Waals surface area contributed by atoms with Gasteiger partial charge in [-0.2, -0.15) is 0 Å². The molecule has 2 N–H and O–H groups in total. The van der Waals surface area contributed by atoms with Crippen LogP contribution in [0.4, 0.5) is 8.78 Å². The molecule has 1 aliphatic heterocycles. The van der Waals surface area contributed by atoms with E-state index in [0.29, 0.717) is 26.3 Å². The summed E-state index contributed by atoms with van der Waals surface area (Å²) in [7, 11) is 0. The van der Waals surface area contributed by atoms with Crippen molar-refractivity contribution in [2.75, 3.05) is 52.5 Å². The summed E-state index contributed by atoms with van der Waals surface area (Å²) in [5, 5.41) is 12.5. The van der Waals surface area contributed by atoms with Crippen molar-refractivity contribution < 1.29 is 18.6 Å². The van der Waals surface area contributed by atoms with Gasteiger partial charge in [-0.15, -0.1) is 0 Å². The minimum absolute atomic E-state index is 0.0164. The van der Waals surface area contributed by atoms with Crippen molar-refractivity contribution in [3.8, 4) is 0 Å². The van der Waals surface area contributed by atoms with Crippen LogP contribution in [-0.4, -0.2) is 69.0 Å². The average molecular weight is 294 g/mol. The van der Waals surface area contributed by atoms with Crippen molar-refractivity contribution in [2.24, 2.45) is 5.41 Å². The molecule has 0 aliphatic carbocycles. The summed E-state index contributed by atoms with van der Waals surface area (Å²) < 4.78 is 30.7. The lowest BCUT2D eigenvalue weighted by Gasteiger charge is -2.41. The maximum atomic E-state index is 12.6. The van der Waals surface area contributed by atoms with E-state index in [1.165, 1.54) is 0 Å². The minimum atomic E-state index is -2.36. The van der Waals surface area contributed by atoms with Crippen molar-refractivity contribution in [2.45, 2.75) is 32.6 Å². The molecule has 0 aromatic carbocycles. The lowest BCUT2D eigenvalue weighted by atomic mass is 9.79. The van der Waals surface area contributed by atoms with Crippen LogP contribution < -0.4 is 5.32 Å². The van der Waals surface area contributed by atoms with Crippen LogP contribution >= 0.6 is 0 Å². The van der Waals surface area contributed by atoms with E-state index in [9.17, 15) is 8.78 Å². The van der Waals surface area contributed by atoms with Gasteiger partial charge < -0.3 is 15.2 Å². The van der Waals surface area contributed by atoms with Crippen LogP contribution in [0.3, 0.4) is 0 Å². The van der Waals surface area contributed by atoms with Gasteiger partial charge >= 0.3 is 0 Å². The zero-order valence-electron chi connectivity index (χ0n) is 12.4. The number of halogens is 2. The molecule has 1 fully saturated rings. The smallest absolute Gasteiger partial charge is 0.251 e. The Morgan fingerprint density at radius 3 is 2.60 bits per heavy atom. The van der Waals surface area contributed by atoms with Crippen LogP contribution in [-0.2, 0) is 4.74 Å². The van der Waals surface area contributed by atoms with Gasteiger partial charge in [0.15, 0.2) is 0 Å². The lowest BCUT2D eigenvalue weighted by molar-refractivity contribution is -0.0172. The highest BCUT2D eigenvalue weighted by atomic mass is 19.3. The Bertz CT molecular complexity index is 249. The van der Waals surface area contributed by atoms with Gasteiger partial charge in [0.25, 0.3) is 6.43 Å². The Morgan fingerprint density at radius 1 is 1.35 bits per heavy atom. The molecular formula is C14H28F2N2O2. The molecule has 0 radical (unpaired) electrons. The van der Waals surface area contributed by atoms with E-state index in [1.54, 1.807) is 4.90 Å². The highest BCUT2D eigenvalue weighted by Gasteiger charge is 2.34. The standard InChI is InChI=1S/C14H28F2N2O2/c1-2-5-17-11-14(3-8-20-9-4-14)12-18(6-7-19)10-13(15)16/h13,17,19H,2-12H2,1H3. The van der Waals surface area contributed by atoms with Crippen molar-refractivity contribution in [1.29, 1.82) is 0 Å². The molecule has 120 valence electrons. The largest absolute Gasteiger partial charge is 0.395 e. The Balaban J connectivity index is 2.59. The van der Waals surface area contributed by atoms with Gasteiger partial charge in [-0.1, -0.05) is 6.92 Å². The first-order valence-electron chi connectivity index (χ1n) is 7.52. The molecule has 1 heterocycles. The van der Waals surface area contributed by atoms with Gasteiger partial charge in [-0.25, -0.2) is 8.78 Å². The molecule has 0 bridgehead atoms. The van der Waals surface area contributed by atoms with Crippen molar-refractivity contribution >= 4 is 0 Å². The van der Waals surface area contributed by atoms with E-state index >= 15 is 0 Å². The Morgan fingerprint density at radius 2 is 2.05 bits per heavy atom. The summed E-state index contributed by atoms with van der Waals surface area (Å²) in [4.78, 5) is 1.68. The maximum Gasteiger partial charge on any atom is 0.251 e. The molecule has 0 unspecified atom stereocenters. The lowest BCUT2D eigenvalue weighted by Crippen LogP contribution is -2.49. The summed E-state index contributed by atoms with van der Waals surface area (Å²) >= 11 is 0. The molecule has 0 aromatic heterocycles. The maximum absolute atomic E-state index is 12.6. The Hall–Kier alpha value is -0.300. The topological polar surface area (TPSA) is 44.7 Å². The first kappa shape index (κ1) is 17.8. The normalized spacial score (nSPS) is 18.9. The number of nitrogens with zero attached hydrogens (tertiary/aromatic N) is 1. The molecule has 4 nitrogen and oxygen atoms in total. The van der Waals surface area contributed by atoms with Crippen LogP contribution in [0.2, 0.25) is 0 Å². The van der Waals surface area contributed by atoms with E-state index in [2.05, 4.69) is 12.2 Å². The number of aliphatic hydroxyl groups excluding tert-OH is 1. The summed E-state index contributed by atoms with van der Waals surface area (Å²) in [6, 6.07) is 0. The highest BCUT2D eigenvalue weighted by Crippen LogP contribution is 2.31. The van der Waals surface area contributed by atoms with Crippen LogP contribution in [0.5, 0.6) is 0 Å². The van der Waals surface area contributed by atoms with Crippen molar-refractivity contribution in [3.63, 3.8) is 0 Å². The molecule has 20 heavy (non-hydrogen) atoms. The van der Waals surface area contributed by atoms with Gasteiger partial charge in [-0.3, -0.25) is 4.90 Å². The number of nitrogens with one attached hydrogen (secondary N) is 1. The van der Waals surface area contributed by atoms with Crippen molar-refractivity contribution in [1.82, 2.24) is 10.2 Å². The molecule has 0 spiro atoms. The van der Waals surface area contributed by atoms with E-state index in [1.807, 2.05) is 0 Å². The third-order valence-corrected chi connectivity index (χ3v) is 3.85. The SMILES string of the molecule is CCCNCC1(CN(CCO)CC(F)F)CCOCC1. The van der Waals surface area contributed by atoms with Crippen molar-refractivity contribution in [3.05, 3.63) is 0 Å². The first-order valence-corrected chi connectivity index (χ1v) is 7.52. The summed E-state index contributed by atoms with van der Waals surface area (Å²) in [5.41, 5.74) is -0.0164. The molecule has 0 atom stereocenters. The van der Waals surface area contributed by atoms with E-state index in [-0.39, 0.29) is 18.6 Å². The zero-order chi connectivity index (χ0) is 14.8. The van der Waals surface area contributed by atoms with Gasteiger partial charge in [0.05, 0.1) is 13.2 Å². The molecule has 6 heteroatoms. The fraction of sp³-hybridized carbons (Fsp3) is 1.00. The average Bonchev–Trinajstić information content (AvgIpc) is 2.39. The monoisotopic (exact) mass is 294 g/mol. The second kappa shape index (κ2) is 9.60. The van der Waals surface area contributed by atoms with E-state index in [4.69, 9.17) is 9.84 Å². The van der Waals surface area contributed by atoms with Gasteiger partial charge in [0.1, 0.15) is 0 Å². The molecule has 1 saturated heterocycles. The molecule has 0 amide bonds. The number of ether oxygens (including phenoxy) is 1. The van der Waals surface area contributed by atoms with Crippen LogP contribution in [0.15, 0.2) is 0 Å². The molecule has 1 aliphatic rings. The number of hydrogen-bond donors (Lipinski definition) is 2. The van der Waals surface area contributed by atoms with E-state index in [0.717, 1.165) is 32.4 Å². The molecule has 0 aromatic rings. The first-order chi connectivity index (χ1) is 9.62. The molecule has 0 saturated carbocycles. The van der Waals surface area contributed by atoms with Gasteiger partial charge in [0, 0.05) is 32.8 Å². The molecule has 1 rings (SSSR count). The second-order valence-corrected chi connectivity index (χ2v) is 5.64. The summed E-state index contributed by atoms with van der Waals surface area (Å²) in [6.07, 6.45) is 0.468. The highest BCUT2D eigenvalue weighted by molar-refractivity contribution is 4.87. The summed E-state index contributed by atoms with van der Waals surface area (Å²) in [5.74, 6) is 0. The predicted octanol–water partition coefficient (Wildman–Crippen LogP) is 1.34. The van der Waals surface area contributed by atoms with Crippen LogP contribution in [0.1, 0.15) is 26.2 Å². The number of hydrogen-bond acceptors (Lipinski definition) is 4. The van der Waals surface area contributed by atoms with Crippen LogP contribution in [0, 0.1) is 5.41 Å². The third-order valence-electron chi connectivity index (χ3n) is 3.85. The Kier molecular flexibility index (Phi) is 8.52. The number of alkyl halides is 2. The fourth-order valence-corrected chi connectivity index (χ4v) is 2.77. The predicted molar refractivity (Wildman–Crippen MR) is 75.2 cm³/mol. The zero-order valence-corrected chi connectivity index (χ0v) is 12.4. The quantitative estimate of drug-likeness (QED) is 0.597. The molecular weight excluding hydrogens is 266 g/mol. The minimum Gasteiger partial charge on any atom is -0.395 e. The van der Waals surface area contributed by atoms with Crippen LogP contribution in [0.25, 0.3) is 0 Å². The third kappa shape index (κ3) is 6.43. The van der Waals surface area contributed by atoms with Gasteiger partial charge in [-0.05, 0) is 31.2 Å². The Labute approximate surface area is 120 Å². The summed E-state index contributed by atoms with van der Waals surface area (Å²) in [6.45, 7) is 5.81. The number of rotatable bonds is 10. The fourth-order valence-electron chi connectivity index (χ4n) is 2.77. The number of aliphatic hydroxyl groups is 1. The van der Waals surface area contributed by atoms with E-state index < -0.39 is 6.43 Å². The second-order valence-electron chi connectivity index (χ2n) is 5.64.